The van der Waals surface area contributed by atoms with E-state index in [-0.39, 0.29) is 0 Å². The third-order valence-electron chi connectivity index (χ3n) is 3.12. The van der Waals surface area contributed by atoms with Crippen molar-refractivity contribution >= 4 is 0 Å². The minimum atomic E-state index is 0.740. The number of hydrogen-bond acceptors (Lipinski definition) is 3. The molecule has 19 heavy (non-hydrogen) atoms. The highest BCUT2D eigenvalue weighted by molar-refractivity contribution is 4.61. The first kappa shape index (κ1) is 18.9. The largest absolute Gasteiger partial charge is 0.383 e. The van der Waals surface area contributed by atoms with E-state index in [4.69, 9.17) is 4.74 Å². The third kappa shape index (κ3) is 14.1. The Morgan fingerprint density at radius 2 is 1.68 bits per heavy atom. The fourth-order valence-electron chi connectivity index (χ4n) is 2.18. The maximum Gasteiger partial charge on any atom is 0.0589 e. The summed E-state index contributed by atoms with van der Waals surface area (Å²) in [5.41, 5.74) is 0. The fourth-order valence-corrected chi connectivity index (χ4v) is 2.18. The number of unbranched alkanes of at least 4 members (excludes halogenated alkanes) is 2. The van der Waals surface area contributed by atoms with E-state index < -0.39 is 0 Å². The first-order valence-electron chi connectivity index (χ1n) is 7.98. The van der Waals surface area contributed by atoms with Gasteiger partial charge >= 0.3 is 0 Å². The maximum atomic E-state index is 5.18. The Morgan fingerprint density at radius 3 is 2.26 bits per heavy atom. The van der Waals surface area contributed by atoms with Crippen LogP contribution < -0.4 is 5.32 Å². The van der Waals surface area contributed by atoms with E-state index in [2.05, 4.69) is 37.9 Å². The molecule has 0 aromatic rings. The Kier molecular flexibility index (Phi) is 12.8. The molecule has 0 heterocycles. The van der Waals surface area contributed by atoms with Gasteiger partial charge in [0, 0.05) is 20.2 Å². The van der Waals surface area contributed by atoms with Crippen molar-refractivity contribution in [2.75, 3.05) is 46.4 Å². The smallest absolute Gasteiger partial charge is 0.0589 e. The zero-order valence-electron chi connectivity index (χ0n) is 13.9. The van der Waals surface area contributed by atoms with E-state index in [0.29, 0.717) is 0 Å². The second kappa shape index (κ2) is 12.9. The molecule has 116 valence electrons. The van der Waals surface area contributed by atoms with Crippen LogP contribution in [-0.4, -0.2) is 51.3 Å². The molecule has 1 N–H and O–H groups in total. The molecule has 0 rings (SSSR count). The summed E-state index contributed by atoms with van der Waals surface area (Å²) in [6, 6.07) is 0. The maximum absolute atomic E-state index is 5.18. The molecule has 0 amide bonds. The molecule has 3 heteroatoms. The number of methoxy groups -OCH3 is 1. The van der Waals surface area contributed by atoms with Crippen molar-refractivity contribution in [3.05, 3.63) is 0 Å². The van der Waals surface area contributed by atoms with Crippen molar-refractivity contribution in [2.24, 2.45) is 11.8 Å². The first-order valence-corrected chi connectivity index (χ1v) is 7.98. The van der Waals surface area contributed by atoms with Crippen LogP contribution in [0.5, 0.6) is 0 Å². The zero-order valence-corrected chi connectivity index (χ0v) is 13.9. The lowest BCUT2D eigenvalue weighted by molar-refractivity contribution is 0.138. The van der Waals surface area contributed by atoms with Crippen molar-refractivity contribution in [2.45, 2.75) is 47.0 Å². The quantitative estimate of drug-likeness (QED) is 0.522. The Balaban J connectivity index is 3.51. The molecule has 0 aliphatic rings. The molecule has 0 spiro atoms. The van der Waals surface area contributed by atoms with Crippen molar-refractivity contribution in [1.82, 2.24) is 10.2 Å². The van der Waals surface area contributed by atoms with Gasteiger partial charge in [0.1, 0.15) is 0 Å². The highest BCUT2D eigenvalue weighted by Gasteiger charge is 2.06. The Bertz CT molecular complexity index is 184. The molecule has 0 radical (unpaired) electrons. The predicted octanol–water partition coefficient (Wildman–Crippen LogP) is 3.01. The minimum Gasteiger partial charge on any atom is -0.383 e. The van der Waals surface area contributed by atoms with Crippen LogP contribution in [0.15, 0.2) is 0 Å². The van der Waals surface area contributed by atoms with E-state index in [1.807, 2.05) is 0 Å². The van der Waals surface area contributed by atoms with Gasteiger partial charge in [-0.1, -0.05) is 34.1 Å². The number of nitrogens with zero attached hydrogens (tertiary/aromatic N) is 1. The fraction of sp³-hybridized carbons (Fsp3) is 1.00. The van der Waals surface area contributed by atoms with Crippen LogP contribution >= 0.6 is 0 Å². The average molecular weight is 272 g/mol. The molecule has 0 fully saturated rings. The van der Waals surface area contributed by atoms with Crippen LogP contribution in [0.4, 0.5) is 0 Å². The monoisotopic (exact) mass is 272 g/mol. The molecule has 0 atom stereocenters. The highest BCUT2D eigenvalue weighted by atomic mass is 16.5. The van der Waals surface area contributed by atoms with E-state index in [9.17, 15) is 0 Å². The van der Waals surface area contributed by atoms with Crippen molar-refractivity contribution in [3.8, 4) is 0 Å². The van der Waals surface area contributed by atoms with Gasteiger partial charge in [-0.2, -0.15) is 0 Å². The molecule has 0 bridgehead atoms. The van der Waals surface area contributed by atoms with Gasteiger partial charge < -0.3 is 15.0 Å². The summed E-state index contributed by atoms with van der Waals surface area (Å²) in [7, 11) is 1.79. The number of rotatable bonds is 13. The zero-order chi connectivity index (χ0) is 14.5. The van der Waals surface area contributed by atoms with Gasteiger partial charge in [-0.05, 0) is 44.3 Å². The van der Waals surface area contributed by atoms with E-state index in [1.54, 1.807) is 7.11 Å². The molecular weight excluding hydrogens is 236 g/mol. The minimum absolute atomic E-state index is 0.740. The normalized spacial score (nSPS) is 12.0. The molecule has 0 aliphatic carbocycles. The molecule has 0 saturated heterocycles. The van der Waals surface area contributed by atoms with Gasteiger partial charge in [-0.25, -0.2) is 0 Å². The van der Waals surface area contributed by atoms with Crippen LogP contribution in [0.25, 0.3) is 0 Å². The summed E-state index contributed by atoms with van der Waals surface area (Å²) in [4.78, 5) is 2.54. The van der Waals surface area contributed by atoms with E-state index in [1.165, 1.54) is 38.9 Å². The first-order chi connectivity index (χ1) is 9.06. The van der Waals surface area contributed by atoms with Gasteiger partial charge in [-0.3, -0.25) is 0 Å². The summed E-state index contributed by atoms with van der Waals surface area (Å²) in [5, 5.41) is 3.51. The second-order valence-corrected chi connectivity index (χ2v) is 6.35. The van der Waals surface area contributed by atoms with E-state index in [0.717, 1.165) is 31.5 Å². The van der Waals surface area contributed by atoms with Crippen LogP contribution in [0.1, 0.15) is 47.0 Å². The summed E-state index contributed by atoms with van der Waals surface area (Å²) in [6.45, 7) is 15.7. The standard InChI is InChI=1S/C16H36N2O/c1-15(2)13-17-9-7-6-8-10-18(11-12-19-5)14-16(3)4/h15-17H,6-14H2,1-5H3. The van der Waals surface area contributed by atoms with Crippen LogP contribution in [-0.2, 0) is 4.74 Å². The summed E-state index contributed by atoms with van der Waals surface area (Å²) in [5.74, 6) is 1.50. The highest BCUT2D eigenvalue weighted by Crippen LogP contribution is 2.03. The SMILES string of the molecule is COCCN(CCCCCNCC(C)C)CC(C)C. The Hall–Kier alpha value is -0.120. The lowest BCUT2D eigenvalue weighted by atomic mass is 10.1. The number of hydrogen-bond donors (Lipinski definition) is 1. The van der Waals surface area contributed by atoms with Crippen LogP contribution in [0.2, 0.25) is 0 Å². The lowest BCUT2D eigenvalue weighted by Crippen LogP contribution is -2.32. The van der Waals surface area contributed by atoms with Crippen LogP contribution in [0, 0.1) is 11.8 Å². The van der Waals surface area contributed by atoms with Gasteiger partial charge in [0.05, 0.1) is 6.61 Å². The lowest BCUT2D eigenvalue weighted by Gasteiger charge is -2.23. The van der Waals surface area contributed by atoms with Gasteiger partial charge in [0.2, 0.25) is 0 Å². The molecule has 3 nitrogen and oxygen atoms in total. The number of ether oxygens (including phenoxy) is 1. The van der Waals surface area contributed by atoms with Crippen molar-refractivity contribution < 1.29 is 4.74 Å². The van der Waals surface area contributed by atoms with Gasteiger partial charge in [-0.15, -0.1) is 0 Å². The Labute approximate surface area is 121 Å². The molecule has 0 aromatic heterocycles. The molecular formula is C16H36N2O. The second-order valence-electron chi connectivity index (χ2n) is 6.35. The molecule has 0 saturated carbocycles. The van der Waals surface area contributed by atoms with Gasteiger partial charge in [0.25, 0.3) is 0 Å². The third-order valence-corrected chi connectivity index (χ3v) is 3.12. The summed E-state index contributed by atoms with van der Waals surface area (Å²) < 4.78 is 5.18. The number of nitrogens with one attached hydrogen (secondary N) is 1. The van der Waals surface area contributed by atoms with Crippen LogP contribution in [0.3, 0.4) is 0 Å². The molecule has 0 aliphatic heterocycles. The predicted molar refractivity (Wildman–Crippen MR) is 84.7 cm³/mol. The van der Waals surface area contributed by atoms with Crippen molar-refractivity contribution in [1.29, 1.82) is 0 Å². The Morgan fingerprint density at radius 1 is 0.947 bits per heavy atom. The van der Waals surface area contributed by atoms with E-state index >= 15 is 0 Å². The average Bonchev–Trinajstić information content (AvgIpc) is 2.33. The molecule has 0 aromatic carbocycles. The topological polar surface area (TPSA) is 24.5 Å². The summed E-state index contributed by atoms with van der Waals surface area (Å²) >= 11 is 0. The van der Waals surface area contributed by atoms with Gasteiger partial charge in [0.15, 0.2) is 0 Å². The summed E-state index contributed by atoms with van der Waals surface area (Å²) in [6.07, 6.45) is 3.93. The van der Waals surface area contributed by atoms with Crippen molar-refractivity contribution in [3.63, 3.8) is 0 Å². The molecule has 0 unspecified atom stereocenters.